The van der Waals surface area contributed by atoms with Crippen LogP contribution in [-0.4, -0.2) is 17.1 Å². The predicted octanol–water partition coefficient (Wildman–Crippen LogP) is 3.79. The van der Waals surface area contributed by atoms with Crippen molar-refractivity contribution in [2.24, 2.45) is 0 Å². The van der Waals surface area contributed by atoms with Crippen LogP contribution in [0.25, 0.3) is 4.95 Å². The van der Waals surface area contributed by atoms with E-state index >= 15 is 0 Å². The van der Waals surface area contributed by atoms with Gasteiger partial charge in [0.15, 0.2) is 0 Å². The van der Waals surface area contributed by atoms with Crippen LogP contribution in [0.15, 0.2) is 0 Å². The van der Waals surface area contributed by atoms with Gasteiger partial charge in [-0.25, -0.2) is 0 Å². The van der Waals surface area contributed by atoms with E-state index in [4.69, 9.17) is 6.57 Å². The summed E-state index contributed by atoms with van der Waals surface area (Å²) in [5.41, 5.74) is 0. The highest BCUT2D eigenvalue weighted by Crippen LogP contribution is 2.30. The average molecular weight is 206 g/mol. The molecule has 0 saturated heterocycles. The molecule has 0 aromatic carbocycles. The van der Waals surface area contributed by atoms with Gasteiger partial charge < -0.3 is 0 Å². The normalized spacial score (nSPS) is 24.7. The van der Waals surface area contributed by atoms with E-state index in [-0.39, 0.29) is 0 Å². The van der Waals surface area contributed by atoms with Crippen molar-refractivity contribution in [1.82, 2.24) is 5.01 Å². The molecule has 0 bridgehead atoms. The molecule has 84 valence electrons. The van der Waals surface area contributed by atoms with Gasteiger partial charge >= 0.3 is 0 Å². The molecular formula is C13H22N2. The van der Waals surface area contributed by atoms with Crippen molar-refractivity contribution in [1.29, 1.82) is 0 Å². The van der Waals surface area contributed by atoms with Crippen molar-refractivity contribution in [3.05, 3.63) is 11.5 Å². The zero-order chi connectivity index (χ0) is 10.5. The maximum absolute atomic E-state index is 7.38. The van der Waals surface area contributed by atoms with E-state index in [9.17, 15) is 0 Å². The lowest BCUT2D eigenvalue weighted by atomic mass is 9.90. The molecule has 0 atom stereocenters. The van der Waals surface area contributed by atoms with E-state index in [1.807, 2.05) is 0 Å². The fraction of sp³-hybridized carbons (Fsp3) is 0.923. The molecule has 0 spiro atoms. The quantitative estimate of drug-likeness (QED) is 0.493. The average Bonchev–Trinajstić information content (AvgIpc) is 2.33. The number of nitrogens with zero attached hydrogens (tertiary/aromatic N) is 2. The zero-order valence-corrected chi connectivity index (χ0v) is 9.62. The second-order valence-electron chi connectivity index (χ2n) is 5.06. The molecule has 0 aromatic rings. The summed E-state index contributed by atoms with van der Waals surface area (Å²) in [5.74, 6) is 0. The molecule has 2 rings (SSSR count). The van der Waals surface area contributed by atoms with Crippen molar-refractivity contribution >= 4 is 0 Å². The van der Waals surface area contributed by atoms with Gasteiger partial charge in [-0.05, 0) is 25.7 Å². The smallest absolute Gasteiger partial charge is 0.0971 e. The molecule has 0 N–H and O–H groups in total. The van der Waals surface area contributed by atoms with E-state index in [0.29, 0.717) is 12.1 Å². The van der Waals surface area contributed by atoms with Gasteiger partial charge in [0.1, 0.15) is 0 Å². The van der Waals surface area contributed by atoms with Crippen LogP contribution < -0.4 is 0 Å². The molecule has 0 aliphatic heterocycles. The fourth-order valence-corrected chi connectivity index (χ4v) is 3.15. The highest BCUT2D eigenvalue weighted by molar-refractivity contribution is 4.85. The van der Waals surface area contributed by atoms with Gasteiger partial charge in [0, 0.05) is 0 Å². The van der Waals surface area contributed by atoms with Gasteiger partial charge in [0.2, 0.25) is 0 Å². The van der Waals surface area contributed by atoms with Crippen LogP contribution in [0.3, 0.4) is 0 Å². The van der Waals surface area contributed by atoms with Gasteiger partial charge in [-0.3, -0.25) is 0 Å². The monoisotopic (exact) mass is 206 g/mol. The van der Waals surface area contributed by atoms with Crippen molar-refractivity contribution in [2.75, 3.05) is 0 Å². The molecular weight excluding hydrogens is 184 g/mol. The molecule has 0 radical (unpaired) electrons. The molecule has 2 aliphatic rings. The maximum Gasteiger partial charge on any atom is 0.0971 e. The maximum atomic E-state index is 7.38. The number of rotatable bonds is 2. The summed E-state index contributed by atoms with van der Waals surface area (Å²) < 4.78 is 0. The second kappa shape index (κ2) is 5.39. The third-order valence-electron chi connectivity index (χ3n) is 4.01. The summed E-state index contributed by atoms with van der Waals surface area (Å²) in [4.78, 5) is 3.82. The lowest BCUT2D eigenvalue weighted by Crippen LogP contribution is -2.40. The van der Waals surface area contributed by atoms with Crippen molar-refractivity contribution in [3.8, 4) is 0 Å². The zero-order valence-electron chi connectivity index (χ0n) is 9.62. The van der Waals surface area contributed by atoms with Gasteiger partial charge in [0.05, 0.1) is 12.1 Å². The number of hydrogen-bond acceptors (Lipinski definition) is 1. The van der Waals surface area contributed by atoms with Crippen molar-refractivity contribution < 1.29 is 0 Å². The lowest BCUT2D eigenvalue weighted by molar-refractivity contribution is 0.131. The molecule has 2 saturated carbocycles. The van der Waals surface area contributed by atoms with Crippen LogP contribution in [0.2, 0.25) is 0 Å². The topological polar surface area (TPSA) is 7.60 Å². The minimum absolute atomic E-state index is 0.583. The Hall–Kier alpha value is -0.710. The molecule has 0 aromatic heterocycles. The lowest BCUT2D eigenvalue weighted by Gasteiger charge is -2.32. The highest BCUT2D eigenvalue weighted by Gasteiger charge is 2.31. The fourth-order valence-electron chi connectivity index (χ4n) is 3.15. The first kappa shape index (κ1) is 10.8. The number of hydrogen-bond donors (Lipinski definition) is 0. The summed E-state index contributed by atoms with van der Waals surface area (Å²) in [6.45, 7) is 7.38. The highest BCUT2D eigenvalue weighted by atomic mass is 15.5. The second-order valence-corrected chi connectivity index (χ2v) is 5.06. The third-order valence-corrected chi connectivity index (χ3v) is 4.01. The largest absolute Gasteiger partial charge is 0.184 e. The summed E-state index contributed by atoms with van der Waals surface area (Å²) in [6, 6.07) is 1.17. The molecule has 0 amide bonds. The van der Waals surface area contributed by atoms with Gasteiger partial charge in [0.25, 0.3) is 0 Å². The Morgan fingerprint density at radius 1 is 0.733 bits per heavy atom. The Kier molecular flexibility index (Phi) is 3.88. The first-order chi connectivity index (χ1) is 7.42. The SMILES string of the molecule is [C-]#[N+]N(C1CCCCC1)C1CCCCC1. The van der Waals surface area contributed by atoms with Crippen LogP contribution in [0, 0.1) is 6.57 Å². The van der Waals surface area contributed by atoms with Gasteiger partial charge in [-0.15, -0.1) is 5.01 Å². The summed E-state index contributed by atoms with van der Waals surface area (Å²) in [6.07, 6.45) is 13.2. The minimum atomic E-state index is 0.583. The molecule has 2 heteroatoms. The Labute approximate surface area is 93.4 Å². The van der Waals surface area contributed by atoms with E-state index in [1.54, 1.807) is 0 Å². The molecule has 15 heavy (non-hydrogen) atoms. The Balaban J connectivity index is 1.92. The van der Waals surface area contributed by atoms with Crippen molar-refractivity contribution in [2.45, 2.75) is 76.3 Å². The van der Waals surface area contributed by atoms with Crippen LogP contribution >= 0.6 is 0 Å². The Bertz CT molecular complexity index is 201. The van der Waals surface area contributed by atoms with Crippen LogP contribution in [0.4, 0.5) is 0 Å². The van der Waals surface area contributed by atoms with E-state index in [1.165, 1.54) is 64.2 Å². The molecule has 0 heterocycles. The molecule has 0 unspecified atom stereocenters. The van der Waals surface area contributed by atoms with E-state index in [0.717, 1.165) is 0 Å². The summed E-state index contributed by atoms with van der Waals surface area (Å²) in [5, 5.41) is 2.14. The van der Waals surface area contributed by atoms with E-state index < -0.39 is 0 Å². The Morgan fingerprint density at radius 2 is 1.13 bits per heavy atom. The standard InChI is InChI=1S/C13H22N2/c1-14-15(12-8-4-2-5-9-12)13-10-6-3-7-11-13/h12-13H,2-11H2. The minimum Gasteiger partial charge on any atom is -0.184 e. The van der Waals surface area contributed by atoms with Crippen LogP contribution in [0.1, 0.15) is 64.2 Å². The molecule has 2 aliphatic carbocycles. The van der Waals surface area contributed by atoms with Crippen LogP contribution in [0.5, 0.6) is 0 Å². The Morgan fingerprint density at radius 3 is 1.47 bits per heavy atom. The van der Waals surface area contributed by atoms with Crippen molar-refractivity contribution in [3.63, 3.8) is 0 Å². The first-order valence-electron chi connectivity index (χ1n) is 6.57. The summed E-state index contributed by atoms with van der Waals surface area (Å²) >= 11 is 0. The van der Waals surface area contributed by atoms with Gasteiger partial charge in [-0.1, -0.05) is 38.5 Å². The third kappa shape index (κ3) is 2.65. The van der Waals surface area contributed by atoms with Gasteiger partial charge in [-0.2, -0.15) is 11.5 Å². The molecule has 2 nitrogen and oxygen atoms in total. The van der Waals surface area contributed by atoms with E-state index in [2.05, 4.69) is 9.96 Å². The van der Waals surface area contributed by atoms with Crippen LogP contribution in [-0.2, 0) is 0 Å². The predicted molar refractivity (Wildman–Crippen MR) is 62.2 cm³/mol. The first-order valence-corrected chi connectivity index (χ1v) is 6.57. The molecule has 2 fully saturated rings. The summed E-state index contributed by atoms with van der Waals surface area (Å²) in [7, 11) is 0.